The van der Waals surface area contributed by atoms with Gasteiger partial charge in [-0.1, -0.05) is 12.2 Å². The molecule has 15 nitrogen and oxygen atoms in total. The van der Waals surface area contributed by atoms with Crippen LogP contribution in [0.2, 0.25) is 0 Å². The van der Waals surface area contributed by atoms with Crippen LogP contribution in [0.5, 0.6) is 0 Å². The number of halogens is 1. The molecule has 0 saturated carbocycles. The van der Waals surface area contributed by atoms with Crippen molar-refractivity contribution in [3.63, 3.8) is 0 Å². The number of thiol groups is 1. The molecule has 0 radical (unpaired) electrons. The van der Waals surface area contributed by atoms with Gasteiger partial charge in [-0.15, -0.1) is 0 Å². The number of alkyl halides is 1. The smallest absolute Gasteiger partial charge is 0.346 e. The number of ether oxygens (including phenoxy) is 1. The number of hydrogen-bond donors (Lipinski definition) is 3. The van der Waals surface area contributed by atoms with E-state index in [-0.39, 0.29) is 36.7 Å². The highest BCUT2D eigenvalue weighted by Gasteiger charge is 2.51. The lowest BCUT2D eigenvalue weighted by atomic mass is 10.1. The Morgan fingerprint density at radius 3 is 2.92 bits per heavy atom. The fraction of sp³-hybridized carbons (Fsp3) is 0.450. The van der Waals surface area contributed by atoms with Gasteiger partial charge in [0.2, 0.25) is 0 Å². The van der Waals surface area contributed by atoms with E-state index in [1.807, 2.05) is 0 Å². The van der Waals surface area contributed by atoms with E-state index in [0.29, 0.717) is 16.7 Å². The fourth-order valence-electron chi connectivity index (χ4n) is 4.60. The van der Waals surface area contributed by atoms with Gasteiger partial charge in [0.25, 0.3) is 5.56 Å². The summed E-state index contributed by atoms with van der Waals surface area (Å²) in [5.41, 5.74) is 0.589. The highest BCUT2D eigenvalue weighted by molar-refractivity contribution is 8.44. The maximum atomic E-state index is 15.8. The Hall–Kier alpha value is -2.11. The van der Waals surface area contributed by atoms with Gasteiger partial charge in [-0.2, -0.15) is 0 Å². The summed E-state index contributed by atoms with van der Waals surface area (Å²) in [6.45, 7) is -7.18. The summed E-state index contributed by atoms with van der Waals surface area (Å²) in [6.07, 6.45) is -2.03. The van der Waals surface area contributed by atoms with Crippen molar-refractivity contribution in [1.82, 2.24) is 34.1 Å². The predicted molar refractivity (Wildman–Crippen MR) is 144 cm³/mol. The Balaban J connectivity index is 1.38. The van der Waals surface area contributed by atoms with E-state index in [2.05, 4.69) is 37.2 Å². The summed E-state index contributed by atoms with van der Waals surface area (Å²) in [7, 11) is 0. The lowest BCUT2D eigenvalue weighted by Crippen LogP contribution is -2.32. The number of aromatic amines is 1. The van der Waals surface area contributed by atoms with E-state index in [1.54, 1.807) is 23.8 Å². The Bertz CT molecular complexity index is 1750. The molecule has 1 saturated heterocycles. The van der Waals surface area contributed by atoms with Gasteiger partial charge in [0, 0.05) is 23.8 Å². The minimum absolute atomic E-state index is 0.0225. The standard InChI is InChI=1S/C20H22FN7O8P2S2/c1-10-25-18-15(19(29)26-10)24-9-28(18)20-16-14(21)13(35-20)7-34-37(30,39)32-3-2-27-12(6-33-38(31,40)36-16)4-11-5-22-8-23-17(11)27/h4-5,8-9,13-14,16,20H,2-3,6-7H2,1H3,(H,30,39)(H,31,40)(H,25,26,29)/t13-,14-,16-,20-,37?,38?/m1/s1. The summed E-state index contributed by atoms with van der Waals surface area (Å²) in [4.78, 5) is 42.1. The molecule has 40 heavy (non-hydrogen) atoms. The molecule has 214 valence electrons. The summed E-state index contributed by atoms with van der Waals surface area (Å²) in [5, 5.41) is 0.664. The van der Waals surface area contributed by atoms with Gasteiger partial charge in [-0.3, -0.25) is 18.4 Å². The highest BCUT2D eigenvalue weighted by Crippen LogP contribution is 2.58. The number of aryl methyl sites for hydroxylation is 1. The van der Waals surface area contributed by atoms with Crippen molar-refractivity contribution >= 4 is 59.8 Å². The normalized spacial score (nSPS) is 32.1. The molecule has 4 aromatic heterocycles. The van der Waals surface area contributed by atoms with Crippen molar-refractivity contribution in [2.24, 2.45) is 0 Å². The third-order valence-corrected chi connectivity index (χ3v) is 9.55. The highest BCUT2D eigenvalue weighted by atomic mass is 32.7. The number of nitrogens with one attached hydrogen (secondary N) is 1. The average molecular weight is 634 g/mol. The van der Waals surface area contributed by atoms with Crippen molar-refractivity contribution in [1.29, 1.82) is 0 Å². The summed E-state index contributed by atoms with van der Waals surface area (Å²) < 4.78 is 60.2. The van der Waals surface area contributed by atoms with E-state index in [0.717, 1.165) is 0 Å². The lowest BCUT2D eigenvalue weighted by Gasteiger charge is -2.24. The van der Waals surface area contributed by atoms with E-state index in [9.17, 15) is 14.3 Å². The minimum Gasteiger partial charge on any atom is -0.346 e. The number of hydrogen-bond acceptors (Lipinski definition) is 12. The summed E-state index contributed by atoms with van der Waals surface area (Å²) >= 11 is 9.21. The zero-order chi connectivity index (χ0) is 28.2. The molecule has 0 spiro atoms. The van der Waals surface area contributed by atoms with Crippen molar-refractivity contribution < 1.29 is 36.7 Å². The third kappa shape index (κ3) is 5.41. The zero-order valence-corrected chi connectivity index (χ0v) is 24.1. The van der Waals surface area contributed by atoms with E-state index >= 15 is 4.39 Å². The number of imidazole rings is 1. The quantitative estimate of drug-likeness (QED) is 0.206. The van der Waals surface area contributed by atoms with Crippen molar-refractivity contribution in [3.8, 4) is 0 Å². The molecule has 2 unspecified atom stereocenters. The Labute approximate surface area is 234 Å². The molecule has 2 bridgehead atoms. The van der Waals surface area contributed by atoms with Crippen LogP contribution >= 0.6 is 25.8 Å². The summed E-state index contributed by atoms with van der Waals surface area (Å²) in [6, 6.07) is 1.71. The summed E-state index contributed by atoms with van der Waals surface area (Å²) in [5.74, 6) is 0.280. The first-order valence-electron chi connectivity index (χ1n) is 11.8. The lowest BCUT2D eigenvalue weighted by molar-refractivity contribution is -0.0453. The van der Waals surface area contributed by atoms with Crippen LogP contribution in [0, 0.1) is 6.92 Å². The van der Waals surface area contributed by atoms with E-state index in [1.165, 1.54) is 17.2 Å². The molecule has 1 fully saturated rings. The number of nitrogens with zero attached hydrogens (tertiary/aromatic N) is 6. The first kappa shape index (κ1) is 28.0. The maximum Gasteiger partial charge on any atom is 0.387 e. The van der Waals surface area contributed by atoms with Crippen LogP contribution in [0.1, 0.15) is 17.7 Å². The monoisotopic (exact) mass is 633 g/mol. The molecule has 0 aromatic carbocycles. The molecule has 0 aliphatic carbocycles. The van der Waals surface area contributed by atoms with Gasteiger partial charge < -0.3 is 28.2 Å². The second kappa shape index (κ2) is 10.6. The molecule has 2 aliphatic rings. The van der Waals surface area contributed by atoms with Gasteiger partial charge in [-0.05, 0) is 24.8 Å². The third-order valence-electron chi connectivity index (χ3n) is 6.33. The molecule has 6 rings (SSSR count). The topological polar surface area (TPSA) is 178 Å². The van der Waals surface area contributed by atoms with Gasteiger partial charge in [0.05, 0.1) is 26.1 Å². The number of fused-ring (bicyclic) bond motifs is 6. The van der Waals surface area contributed by atoms with E-state index in [4.69, 9.17) is 34.6 Å². The fourth-order valence-corrected chi connectivity index (χ4v) is 7.11. The first-order chi connectivity index (χ1) is 19.0. The number of aromatic nitrogens is 7. The molecule has 20 heteroatoms. The molecular formula is C20H22FN7O8P2S2. The predicted octanol–water partition coefficient (Wildman–Crippen LogP) is 2.31. The van der Waals surface area contributed by atoms with Gasteiger partial charge in [0.15, 0.2) is 23.6 Å². The molecule has 6 atom stereocenters. The number of H-pyrrole nitrogens is 1. The van der Waals surface area contributed by atoms with Crippen LogP contribution in [0.3, 0.4) is 0 Å². The zero-order valence-electron chi connectivity index (χ0n) is 20.6. The SMILES string of the molecule is Cc1nc2c(ncn2[C@@H]2O[C@@H]3COP(O)(=S)OCCn4c(cc5cncnc54)COP(=O)(S)O[C@@H]2[C@@H]3F)c(=O)[nH]1. The van der Waals surface area contributed by atoms with Crippen molar-refractivity contribution in [2.45, 2.75) is 44.7 Å². The van der Waals surface area contributed by atoms with Crippen LogP contribution in [0.15, 0.2) is 29.7 Å². The second-order valence-corrected chi connectivity index (χ2v) is 14.7. The van der Waals surface area contributed by atoms with Crippen LogP contribution in [0.4, 0.5) is 4.39 Å². The number of rotatable bonds is 1. The molecule has 2 N–H and O–H groups in total. The van der Waals surface area contributed by atoms with Crippen LogP contribution in [-0.4, -0.2) is 70.5 Å². The maximum absolute atomic E-state index is 15.8. The molecule has 2 aliphatic heterocycles. The molecule has 0 amide bonds. The second-order valence-electron chi connectivity index (χ2n) is 8.98. The van der Waals surface area contributed by atoms with Crippen LogP contribution in [-0.2, 0) is 52.4 Å². The van der Waals surface area contributed by atoms with Crippen LogP contribution < -0.4 is 5.56 Å². The van der Waals surface area contributed by atoms with Crippen molar-refractivity contribution in [2.75, 3.05) is 13.2 Å². The Kier molecular flexibility index (Phi) is 7.44. The van der Waals surface area contributed by atoms with Gasteiger partial charge in [-0.25, -0.2) is 28.9 Å². The van der Waals surface area contributed by atoms with Gasteiger partial charge >= 0.3 is 13.5 Å². The van der Waals surface area contributed by atoms with Crippen molar-refractivity contribution in [3.05, 3.63) is 46.8 Å². The molecular weight excluding hydrogens is 611 g/mol. The molecule has 4 aromatic rings. The largest absolute Gasteiger partial charge is 0.387 e. The Morgan fingerprint density at radius 1 is 1.27 bits per heavy atom. The Morgan fingerprint density at radius 2 is 2.10 bits per heavy atom. The van der Waals surface area contributed by atoms with Gasteiger partial charge in [0.1, 0.15) is 30.0 Å². The minimum atomic E-state index is -4.23. The van der Waals surface area contributed by atoms with E-state index < -0.39 is 50.3 Å². The van der Waals surface area contributed by atoms with Crippen LogP contribution in [0.25, 0.3) is 22.2 Å². The average Bonchev–Trinajstić information content (AvgIpc) is 3.55. The molecule has 6 heterocycles. The first-order valence-corrected chi connectivity index (χ1v) is 17.1.